The number of rotatable bonds is 3. The third-order valence-electron chi connectivity index (χ3n) is 3.42. The van der Waals surface area contributed by atoms with Gasteiger partial charge in [0.05, 0.1) is 11.5 Å². The lowest BCUT2D eigenvalue weighted by Crippen LogP contribution is -2.44. The number of benzene rings is 1. The fraction of sp³-hybridized carbons (Fsp3) is 0.538. The van der Waals surface area contributed by atoms with Crippen molar-refractivity contribution in [2.24, 2.45) is 0 Å². The fourth-order valence-electron chi connectivity index (χ4n) is 2.51. The second-order valence-corrected chi connectivity index (χ2v) is 8.42. The predicted octanol–water partition coefficient (Wildman–Crippen LogP) is 2.68. The predicted molar refractivity (Wildman–Crippen MR) is 77.4 cm³/mol. The normalized spacial score (nSPS) is 28.2. The van der Waals surface area contributed by atoms with Gasteiger partial charge in [0.15, 0.2) is 9.84 Å². The van der Waals surface area contributed by atoms with Gasteiger partial charge in [-0.05, 0) is 38.0 Å². The van der Waals surface area contributed by atoms with Crippen LogP contribution in [0.1, 0.15) is 31.9 Å². The zero-order valence-electron chi connectivity index (χ0n) is 10.6. The number of nitrogens with one attached hydrogen (secondary N) is 1. The molecule has 1 fully saturated rings. The van der Waals surface area contributed by atoms with E-state index >= 15 is 0 Å². The van der Waals surface area contributed by atoms with E-state index in [0.717, 1.165) is 10.0 Å². The maximum Gasteiger partial charge on any atom is 0.152 e. The van der Waals surface area contributed by atoms with Crippen molar-refractivity contribution in [3.05, 3.63) is 34.3 Å². The first-order valence-electron chi connectivity index (χ1n) is 6.03. The van der Waals surface area contributed by atoms with Crippen molar-refractivity contribution < 1.29 is 8.42 Å². The summed E-state index contributed by atoms with van der Waals surface area (Å²) in [5.41, 5.74) is 0.857. The Balaban J connectivity index is 2.10. The Morgan fingerprint density at radius 3 is 2.72 bits per heavy atom. The second kappa shape index (κ2) is 4.94. The fourth-order valence-corrected chi connectivity index (χ4v) is 5.03. The van der Waals surface area contributed by atoms with Crippen molar-refractivity contribution >= 4 is 25.8 Å². The van der Waals surface area contributed by atoms with Crippen LogP contribution in [0.3, 0.4) is 0 Å². The molecule has 0 bridgehead atoms. The van der Waals surface area contributed by atoms with Crippen molar-refractivity contribution in [3.63, 3.8) is 0 Å². The van der Waals surface area contributed by atoms with Crippen LogP contribution in [-0.4, -0.2) is 25.5 Å². The summed E-state index contributed by atoms with van der Waals surface area (Å²) in [7, 11) is -2.86. The Hall–Kier alpha value is -0.390. The van der Waals surface area contributed by atoms with Crippen molar-refractivity contribution in [1.29, 1.82) is 0 Å². The van der Waals surface area contributed by atoms with Crippen LogP contribution in [0.25, 0.3) is 0 Å². The van der Waals surface area contributed by atoms with Gasteiger partial charge in [0.25, 0.3) is 0 Å². The smallest absolute Gasteiger partial charge is 0.152 e. The quantitative estimate of drug-likeness (QED) is 0.926. The minimum atomic E-state index is -2.86. The average molecular weight is 332 g/mol. The molecule has 1 heterocycles. The van der Waals surface area contributed by atoms with Crippen LogP contribution >= 0.6 is 15.9 Å². The Labute approximate surface area is 117 Å². The number of sulfone groups is 1. The van der Waals surface area contributed by atoms with Crippen molar-refractivity contribution in [1.82, 2.24) is 5.32 Å². The van der Waals surface area contributed by atoms with Crippen LogP contribution in [0.5, 0.6) is 0 Å². The first-order valence-corrected chi connectivity index (χ1v) is 8.65. The van der Waals surface area contributed by atoms with Gasteiger partial charge < -0.3 is 5.32 Å². The van der Waals surface area contributed by atoms with Gasteiger partial charge in [-0.3, -0.25) is 0 Å². The maximum absolute atomic E-state index is 11.6. The molecule has 18 heavy (non-hydrogen) atoms. The van der Waals surface area contributed by atoms with Gasteiger partial charge in [-0.15, -0.1) is 0 Å². The first kappa shape index (κ1) is 14.0. The largest absolute Gasteiger partial charge is 0.304 e. The van der Waals surface area contributed by atoms with Gasteiger partial charge in [-0.25, -0.2) is 8.42 Å². The van der Waals surface area contributed by atoms with E-state index in [9.17, 15) is 8.42 Å². The van der Waals surface area contributed by atoms with E-state index in [1.165, 1.54) is 0 Å². The third-order valence-corrected chi connectivity index (χ3v) is 5.81. The molecule has 1 aliphatic rings. The second-order valence-electron chi connectivity index (χ2n) is 5.32. The molecule has 1 aliphatic heterocycles. The molecule has 2 rings (SSSR count). The minimum absolute atomic E-state index is 0.140. The molecule has 0 radical (unpaired) electrons. The molecular weight excluding hydrogens is 314 g/mol. The van der Waals surface area contributed by atoms with E-state index in [1.807, 2.05) is 19.1 Å². The summed E-state index contributed by atoms with van der Waals surface area (Å²) in [4.78, 5) is 0. The number of hydrogen-bond acceptors (Lipinski definition) is 3. The Morgan fingerprint density at radius 1 is 1.44 bits per heavy atom. The SMILES string of the molecule is CC(NC1(C)CCS(=O)(=O)C1)c1cccc(Br)c1. The molecular formula is C13H18BrNO2S. The number of halogens is 1. The molecule has 5 heteroatoms. The summed E-state index contributed by atoms with van der Waals surface area (Å²) in [6.07, 6.45) is 0.688. The van der Waals surface area contributed by atoms with E-state index in [4.69, 9.17) is 0 Å². The Morgan fingerprint density at radius 2 is 2.17 bits per heavy atom. The first-order chi connectivity index (χ1) is 8.30. The lowest BCUT2D eigenvalue weighted by atomic mass is 9.98. The molecule has 1 saturated heterocycles. The van der Waals surface area contributed by atoms with E-state index in [1.54, 1.807) is 0 Å². The molecule has 0 saturated carbocycles. The van der Waals surface area contributed by atoms with Crippen LogP contribution in [-0.2, 0) is 9.84 Å². The maximum atomic E-state index is 11.6. The topological polar surface area (TPSA) is 46.2 Å². The van der Waals surface area contributed by atoms with E-state index < -0.39 is 9.84 Å². The molecule has 100 valence electrons. The molecule has 0 aliphatic carbocycles. The molecule has 1 aromatic rings. The van der Waals surface area contributed by atoms with Crippen molar-refractivity contribution in [2.75, 3.05) is 11.5 Å². The van der Waals surface area contributed by atoms with Crippen LogP contribution in [0.2, 0.25) is 0 Å². The van der Waals surface area contributed by atoms with Gasteiger partial charge in [-0.2, -0.15) is 0 Å². The minimum Gasteiger partial charge on any atom is -0.304 e. The molecule has 2 unspecified atom stereocenters. The highest BCUT2D eigenvalue weighted by atomic mass is 79.9. The summed E-state index contributed by atoms with van der Waals surface area (Å²) >= 11 is 3.45. The monoisotopic (exact) mass is 331 g/mol. The van der Waals surface area contributed by atoms with Crippen LogP contribution in [0.15, 0.2) is 28.7 Å². The summed E-state index contributed by atoms with van der Waals surface area (Å²) in [5, 5.41) is 3.45. The van der Waals surface area contributed by atoms with Crippen LogP contribution in [0, 0.1) is 0 Å². The lowest BCUT2D eigenvalue weighted by Gasteiger charge is -2.29. The zero-order valence-corrected chi connectivity index (χ0v) is 13.0. The third kappa shape index (κ3) is 3.33. The molecule has 0 amide bonds. The Bertz CT molecular complexity index is 544. The lowest BCUT2D eigenvalue weighted by molar-refractivity contribution is 0.355. The van der Waals surface area contributed by atoms with Gasteiger partial charge in [0, 0.05) is 16.1 Å². The summed E-state index contributed by atoms with van der Waals surface area (Å²) in [6, 6.07) is 8.23. The van der Waals surface area contributed by atoms with Gasteiger partial charge in [0.2, 0.25) is 0 Å². The van der Waals surface area contributed by atoms with Crippen molar-refractivity contribution in [2.45, 2.75) is 31.8 Å². The molecule has 1 aromatic carbocycles. The van der Waals surface area contributed by atoms with Crippen LogP contribution in [0.4, 0.5) is 0 Å². The molecule has 0 aromatic heterocycles. The molecule has 2 atom stereocenters. The highest BCUT2D eigenvalue weighted by molar-refractivity contribution is 9.10. The van der Waals surface area contributed by atoms with E-state index in [-0.39, 0.29) is 17.3 Å². The summed E-state index contributed by atoms with van der Waals surface area (Å²) in [6.45, 7) is 4.06. The Kier molecular flexibility index (Phi) is 3.85. The number of hydrogen-bond donors (Lipinski definition) is 1. The van der Waals surface area contributed by atoms with Gasteiger partial charge >= 0.3 is 0 Å². The van der Waals surface area contributed by atoms with Crippen molar-refractivity contribution in [3.8, 4) is 0 Å². The molecule has 1 N–H and O–H groups in total. The summed E-state index contributed by atoms with van der Waals surface area (Å²) < 4.78 is 24.2. The standard InChI is InChI=1S/C13H18BrNO2S/c1-10(11-4-3-5-12(14)8-11)15-13(2)6-7-18(16,17)9-13/h3-5,8,10,15H,6-7,9H2,1-2H3. The highest BCUT2D eigenvalue weighted by Gasteiger charge is 2.38. The highest BCUT2D eigenvalue weighted by Crippen LogP contribution is 2.27. The van der Waals surface area contributed by atoms with Gasteiger partial charge in [0.1, 0.15) is 0 Å². The summed E-state index contributed by atoms with van der Waals surface area (Å²) in [5.74, 6) is 0.528. The van der Waals surface area contributed by atoms with E-state index in [2.05, 4.69) is 40.3 Å². The average Bonchev–Trinajstić information content (AvgIpc) is 2.52. The molecule has 0 spiro atoms. The van der Waals surface area contributed by atoms with Crippen LogP contribution < -0.4 is 5.32 Å². The van der Waals surface area contributed by atoms with Gasteiger partial charge in [-0.1, -0.05) is 28.1 Å². The molecule has 3 nitrogen and oxygen atoms in total. The van der Waals surface area contributed by atoms with E-state index in [0.29, 0.717) is 12.2 Å². The zero-order chi connectivity index (χ0) is 13.4.